The molecule has 1 fully saturated rings. The number of nitrogens with zero attached hydrogens (tertiary/aromatic N) is 1. The number of carboxylic acid groups (broad SMARTS) is 1. The maximum absolute atomic E-state index is 11.4. The lowest BCUT2D eigenvalue weighted by Gasteiger charge is -2.40. The van der Waals surface area contributed by atoms with Crippen molar-refractivity contribution in [3.63, 3.8) is 0 Å². The number of hydrogen-bond donors (Lipinski definition) is 3. The second-order valence-electron chi connectivity index (χ2n) is 9.59. The standard InChI is InChI=1S/C28H36N2O4S/c1-4-34-35-21-12-14-30(25(15-21)19-8-10-20(11-9-19)28(32)33)17-24-22-7-5-6-13-29-27(22)23(18(2)3)16-26(24)31/h5-6,8-11,16,18,21,25,29,31H,4,7,12-15,17H2,1-3H3,(H,32,33)/t21-,25+/m1/s1. The number of nitrogens with one attached hydrogen (secondary N) is 1. The van der Waals surface area contributed by atoms with Crippen LogP contribution in [0.1, 0.15) is 78.2 Å². The van der Waals surface area contributed by atoms with Gasteiger partial charge in [-0.1, -0.05) is 38.1 Å². The molecule has 2 aliphatic heterocycles. The zero-order valence-electron chi connectivity index (χ0n) is 20.8. The Morgan fingerprint density at radius 1 is 1.26 bits per heavy atom. The van der Waals surface area contributed by atoms with E-state index in [1.54, 1.807) is 24.2 Å². The van der Waals surface area contributed by atoms with Gasteiger partial charge in [-0.05, 0) is 79.0 Å². The number of hydrogen-bond acceptors (Lipinski definition) is 6. The third kappa shape index (κ3) is 5.85. The summed E-state index contributed by atoms with van der Waals surface area (Å²) in [6.45, 7) is 9.29. The lowest BCUT2D eigenvalue weighted by molar-refractivity contribution is 0.0696. The molecule has 0 amide bonds. The van der Waals surface area contributed by atoms with Crippen LogP contribution in [0.5, 0.6) is 5.75 Å². The summed E-state index contributed by atoms with van der Waals surface area (Å²) in [6, 6.07) is 9.28. The first-order valence-corrected chi connectivity index (χ1v) is 13.3. The summed E-state index contributed by atoms with van der Waals surface area (Å²) >= 11 is 1.56. The maximum Gasteiger partial charge on any atom is 0.335 e. The minimum atomic E-state index is -0.916. The average Bonchev–Trinajstić information content (AvgIpc) is 3.11. The molecule has 0 bridgehead atoms. The molecule has 2 aromatic carbocycles. The van der Waals surface area contributed by atoms with Crippen LogP contribution in [0.15, 0.2) is 42.5 Å². The number of phenolic OH excluding ortho intramolecular Hbond substituents is 1. The molecule has 4 rings (SSSR count). The van der Waals surface area contributed by atoms with Gasteiger partial charge in [-0.3, -0.25) is 4.90 Å². The van der Waals surface area contributed by atoms with Crippen molar-refractivity contribution in [2.45, 2.75) is 63.8 Å². The molecular weight excluding hydrogens is 460 g/mol. The van der Waals surface area contributed by atoms with Crippen LogP contribution in [0.4, 0.5) is 5.69 Å². The number of aromatic hydroxyl groups is 1. The maximum atomic E-state index is 11.4. The van der Waals surface area contributed by atoms with Crippen molar-refractivity contribution in [3.05, 3.63) is 70.3 Å². The number of carboxylic acids is 1. The topological polar surface area (TPSA) is 82.0 Å². The highest BCUT2D eigenvalue weighted by Gasteiger charge is 2.32. The Hall–Kier alpha value is -2.48. The monoisotopic (exact) mass is 496 g/mol. The molecule has 188 valence electrons. The molecule has 0 saturated carbocycles. The molecule has 2 atom stereocenters. The summed E-state index contributed by atoms with van der Waals surface area (Å²) in [5.74, 6) is -0.253. The number of carbonyl (C=O) groups is 1. The highest BCUT2D eigenvalue weighted by Crippen LogP contribution is 2.42. The second kappa shape index (κ2) is 11.5. The first-order chi connectivity index (χ1) is 16.9. The Morgan fingerprint density at radius 3 is 2.71 bits per heavy atom. The molecule has 7 heteroatoms. The molecule has 2 aromatic rings. The number of rotatable bonds is 8. The van der Waals surface area contributed by atoms with E-state index in [-0.39, 0.29) is 6.04 Å². The van der Waals surface area contributed by atoms with E-state index in [0.717, 1.165) is 54.7 Å². The lowest BCUT2D eigenvalue weighted by atomic mass is 9.89. The van der Waals surface area contributed by atoms with E-state index < -0.39 is 5.97 Å². The number of likely N-dealkylation sites (tertiary alicyclic amines) is 1. The Morgan fingerprint density at radius 2 is 2.03 bits per heavy atom. The summed E-state index contributed by atoms with van der Waals surface area (Å²) in [5.41, 5.74) is 5.85. The van der Waals surface area contributed by atoms with Crippen LogP contribution in [0.25, 0.3) is 0 Å². The molecule has 2 aliphatic rings. The SMILES string of the molecule is CCOS[C@@H]1CCN(Cc2c(O)cc(C(C)C)c3c2CC=CCN3)[C@H](c2ccc(C(=O)O)cc2)C1. The number of benzene rings is 2. The smallest absolute Gasteiger partial charge is 0.335 e. The third-order valence-electron chi connectivity index (χ3n) is 6.95. The van der Waals surface area contributed by atoms with E-state index in [9.17, 15) is 15.0 Å². The minimum Gasteiger partial charge on any atom is -0.508 e. The molecule has 3 N–H and O–H groups in total. The predicted molar refractivity (Wildman–Crippen MR) is 142 cm³/mol. The van der Waals surface area contributed by atoms with E-state index >= 15 is 0 Å². The van der Waals surface area contributed by atoms with Gasteiger partial charge in [0.25, 0.3) is 0 Å². The van der Waals surface area contributed by atoms with Gasteiger partial charge in [0.05, 0.1) is 12.2 Å². The van der Waals surface area contributed by atoms with Crippen LogP contribution in [-0.2, 0) is 17.1 Å². The molecule has 1 saturated heterocycles. The van der Waals surface area contributed by atoms with Crippen molar-refractivity contribution in [3.8, 4) is 5.75 Å². The molecule has 0 unspecified atom stereocenters. The zero-order valence-corrected chi connectivity index (χ0v) is 21.6. The number of anilines is 1. The molecule has 2 heterocycles. The van der Waals surface area contributed by atoms with Crippen LogP contribution in [0.3, 0.4) is 0 Å². The van der Waals surface area contributed by atoms with Crippen LogP contribution in [-0.4, -0.2) is 46.0 Å². The average molecular weight is 497 g/mol. The Bertz CT molecular complexity index is 1070. The van der Waals surface area contributed by atoms with Crippen molar-refractivity contribution in [1.82, 2.24) is 4.90 Å². The number of piperidine rings is 1. The predicted octanol–water partition coefficient (Wildman–Crippen LogP) is 6.13. The van der Waals surface area contributed by atoms with Crippen LogP contribution >= 0.6 is 12.0 Å². The lowest BCUT2D eigenvalue weighted by Crippen LogP contribution is -2.38. The number of aromatic carboxylic acids is 1. The minimum absolute atomic E-state index is 0.110. The first kappa shape index (κ1) is 25.6. The summed E-state index contributed by atoms with van der Waals surface area (Å²) in [5, 5.41) is 24.5. The van der Waals surface area contributed by atoms with Crippen LogP contribution in [0, 0.1) is 0 Å². The Balaban J connectivity index is 1.68. The number of allylic oxidation sites excluding steroid dienone is 1. The van der Waals surface area contributed by atoms with Crippen molar-refractivity contribution in [2.24, 2.45) is 0 Å². The van der Waals surface area contributed by atoms with E-state index in [0.29, 0.717) is 35.6 Å². The first-order valence-electron chi connectivity index (χ1n) is 12.5. The molecular formula is C28H36N2O4S. The summed E-state index contributed by atoms with van der Waals surface area (Å²) < 4.78 is 5.67. The van der Waals surface area contributed by atoms with Gasteiger partial charge in [0.15, 0.2) is 0 Å². The van der Waals surface area contributed by atoms with Crippen molar-refractivity contribution in [1.29, 1.82) is 0 Å². The van der Waals surface area contributed by atoms with Crippen LogP contribution < -0.4 is 5.32 Å². The van der Waals surface area contributed by atoms with Crippen LogP contribution in [0.2, 0.25) is 0 Å². The highest BCUT2D eigenvalue weighted by atomic mass is 32.2. The molecule has 0 spiro atoms. The Labute approximate surface area is 212 Å². The number of phenols is 1. The Kier molecular flexibility index (Phi) is 8.42. The molecule has 0 radical (unpaired) electrons. The summed E-state index contributed by atoms with van der Waals surface area (Å²) in [4.78, 5) is 13.8. The summed E-state index contributed by atoms with van der Waals surface area (Å²) in [6.07, 6.45) is 7.02. The fourth-order valence-electron chi connectivity index (χ4n) is 5.12. The number of fused-ring (bicyclic) bond motifs is 1. The van der Waals surface area contributed by atoms with Gasteiger partial charge in [-0.25, -0.2) is 4.79 Å². The molecule has 0 aliphatic carbocycles. The van der Waals surface area contributed by atoms with Gasteiger partial charge >= 0.3 is 5.97 Å². The highest BCUT2D eigenvalue weighted by molar-refractivity contribution is 7.95. The van der Waals surface area contributed by atoms with E-state index in [1.807, 2.05) is 25.1 Å². The fourth-order valence-corrected chi connectivity index (χ4v) is 5.91. The molecule has 0 aromatic heterocycles. The van der Waals surface area contributed by atoms with Crippen molar-refractivity contribution in [2.75, 3.05) is 25.0 Å². The fraction of sp³-hybridized carbons (Fsp3) is 0.464. The normalized spacial score (nSPS) is 20.3. The third-order valence-corrected chi connectivity index (χ3v) is 8.03. The summed E-state index contributed by atoms with van der Waals surface area (Å²) in [7, 11) is 0. The van der Waals surface area contributed by atoms with Gasteiger partial charge in [0.2, 0.25) is 0 Å². The van der Waals surface area contributed by atoms with E-state index in [4.69, 9.17) is 4.18 Å². The van der Waals surface area contributed by atoms with Gasteiger partial charge in [-0.15, -0.1) is 0 Å². The molecule has 35 heavy (non-hydrogen) atoms. The van der Waals surface area contributed by atoms with Crippen molar-refractivity contribution < 1.29 is 19.2 Å². The van der Waals surface area contributed by atoms with E-state index in [2.05, 4.69) is 36.2 Å². The largest absolute Gasteiger partial charge is 0.508 e. The quantitative estimate of drug-likeness (QED) is 0.230. The van der Waals surface area contributed by atoms with Gasteiger partial charge in [0.1, 0.15) is 5.75 Å². The van der Waals surface area contributed by atoms with Crippen molar-refractivity contribution >= 4 is 23.7 Å². The second-order valence-corrected chi connectivity index (χ2v) is 10.7. The van der Waals surface area contributed by atoms with E-state index in [1.165, 1.54) is 5.56 Å². The van der Waals surface area contributed by atoms with Gasteiger partial charge in [0, 0.05) is 42.2 Å². The zero-order chi connectivity index (χ0) is 24.9. The molecule has 6 nitrogen and oxygen atoms in total. The van der Waals surface area contributed by atoms with Gasteiger partial charge < -0.3 is 19.7 Å². The van der Waals surface area contributed by atoms with Gasteiger partial charge in [-0.2, -0.15) is 0 Å².